The van der Waals surface area contributed by atoms with Crippen LogP contribution in [-0.4, -0.2) is 6.54 Å². The van der Waals surface area contributed by atoms with Gasteiger partial charge in [0, 0.05) is 6.04 Å². The molecule has 1 heteroatoms. The number of nitrogens with one attached hydrogen (secondary N) is 1. The third-order valence-electron chi connectivity index (χ3n) is 3.36. The van der Waals surface area contributed by atoms with Crippen molar-refractivity contribution in [2.24, 2.45) is 0 Å². The molecule has 16 heavy (non-hydrogen) atoms. The normalized spacial score (nSPS) is 19.9. The summed E-state index contributed by atoms with van der Waals surface area (Å²) < 4.78 is 0. The van der Waals surface area contributed by atoms with Gasteiger partial charge in [-0.3, -0.25) is 0 Å². The van der Waals surface area contributed by atoms with E-state index in [0.717, 1.165) is 13.0 Å². The van der Waals surface area contributed by atoms with E-state index in [1.54, 1.807) is 0 Å². The van der Waals surface area contributed by atoms with Gasteiger partial charge in [0.05, 0.1) is 0 Å². The smallest absolute Gasteiger partial charge is 0.0323 e. The summed E-state index contributed by atoms with van der Waals surface area (Å²) in [7, 11) is 0. The van der Waals surface area contributed by atoms with E-state index in [-0.39, 0.29) is 0 Å². The fraction of sp³-hybridized carbons (Fsp3) is 0.467. The molecule has 86 valence electrons. The van der Waals surface area contributed by atoms with E-state index in [2.05, 4.69) is 36.2 Å². The van der Waals surface area contributed by atoms with Gasteiger partial charge in [-0.15, -0.1) is 6.58 Å². The summed E-state index contributed by atoms with van der Waals surface area (Å²) in [5, 5.41) is 3.65. The molecule has 1 N–H and O–H groups in total. The molecular formula is C15H21N. The van der Waals surface area contributed by atoms with Crippen molar-refractivity contribution in [2.45, 2.75) is 38.1 Å². The highest BCUT2D eigenvalue weighted by Crippen LogP contribution is 2.28. The third kappa shape index (κ3) is 2.73. The number of benzene rings is 1. The van der Waals surface area contributed by atoms with Crippen LogP contribution in [0.2, 0.25) is 0 Å². The Morgan fingerprint density at radius 3 is 3.06 bits per heavy atom. The van der Waals surface area contributed by atoms with Crippen LogP contribution in [0.4, 0.5) is 0 Å². The maximum absolute atomic E-state index is 3.77. The second kappa shape index (κ2) is 5.86. The molecule has 1 aliphatic carbocycles. The molecule has 1 aromatic carbocycles. The molecule has 0 bridgehead atoms. The molecule has 1 atom stereocenters. The topological polar surface area (TPSA) is 12.0 Å². The summed E-state index contributed by atoms with van der Waals surface area (Å²) >= 11 is 0. The molecule has 2 rings (SSSR count). The zero-order chi connectivity index (χ0) is 11.2. The summed E-state index contributed by atoms with van der Waals surface area (Å²) in [6.45, 7) is 4.81. The Kier molecular flexibility index (Phi) is 4.17. The minimum Gasteiger partial charge on any atom is -0.310 e. The van der Waals surface area contributed by atoms with Crippen molar-refractivity contribution in [1.82, 2.24) is 5.32 Å². The zero-order valence-electron chi connectivity index (χ0n) is 9.91. The van der Waals surface area contributed by atoms with Gasteiger partial charge in [-0.1, -0.05) is 36.8 Å². The van der Waals surface area contributed by atoms with Crippen LogP contribution in [-0.2, 0) is 6.42 Å². The highest BCUT2D eigenvalue weighted by Gasteiger charge is 2.16. The van der Waals surface area contributed by atoms with E-state index in [9.17, 15) is 0 Å². The van der Waals surface area contributed by atoms with Gasteiger partial charge in [-0.05, 0) is 43.4 Å². The molecule has 0 aliphatic heterocycles. The second-order valence-electron chi connectivity index (χ2n) is 4.53. The summed E-state index contributed by atoms with van der Waals surface area (Å²) in [4.78, 5) is 0. The van der Waals surface area contributed by atoms with Crippen LogP contribution in [0.25, 0.3) is 0 Å². The largest absolute Gasteiger partial charge is 0.310 e. The van der Waals surface area contributed by atoms with Crippen LogP contribution >= 0.6 is 0 Å². The van der Waals surface area contributed by atoms with Gasteiger partial charge < -0.3 is 5.32 Å². The Labute approximate surface area is 98.6 Å². The standard InChI is InChI=1S/C15H21N/c1-2-3-12-16-15-11-7-5-9-13-8-4-6-10-14(13)15/h2,4,6,8,10,15-16H,1,3,5,7,9,11-12H2. The quantitative estimate of drug-likeness (QED) is 0.459. The molecule has 1 unspecified atom stereocenters. The van der Waals surface area contributed by atoms with E-state index >= 15 is 0 Å². The molecule has 0 aromatic heterocycles. The lowest BCUT2D eigenvalue weighted by atomic mass is 9.99. The van der Waals surface area contributed by atoms with E-state index in [4.69, 9.17) is 0 Å². The maximum Gasteiger partial charge on any atom is 0.0323 e. The van der Waals surface area contributed by atoms with Gasteiger partial charge >= 0.3 is 0 Å². The van der Waals surface area contributed by atoms with E-state index in [0.29, 0.717) is 6.04 Å². The zero-order valence-corrected chi connectivity index (χ0v) is 9.91. The molecule has 1 aliphatic rings. The Balaban J connectivity index is 2.09. The van der Waals surface area contributed by atoms with Crippen LogP contribution in [0.3, 0.4) is 0 Å². The predicted molar refractivity (Wildman–Crippen MR) is 69.6 cm³/mol. The van der Waals surface area contributed by atoms with Crippen LogP contribution < -0.4 is 5.32 Å². The first kappa shape index (κ1) is 11.4. The Morgan fingerprint density at radius 1 is 1.31 bits per heavy atom. The predicted octanol–water partition coefficient (Wildman–Crippen LogP) is 3.62. The molecule has 1 aromatic rings. The lowest BCUT2D eigenvalue weighted by Gasteiger charge is -2.18. The summed E-state index contributed by atoms with van der Waals surface area (Å²) in [6, 6.07) is 9.44. The first-order valence-corrected chi connectivity index (χ1v) is 6.34. The van der Waals surface area contributed by atoms with Gasteiger partial charge in [0.25, 0.3) is 0 Å². The SMILES string of the molecule is C=CCCNC1CCCCc2ccccc21. The summed E-state index contributed by atoms with van der Waals surface area (Å²) in [5.41, 5.74) is 3.06. The van der Waals surface area contributed by atoms with Crippen LogP contribution in [0.5, 0.6) is 0 Å². The van der Waals surface area contributed by atoms with Gasteiger partial charge in [-0.2, -0.15) is 0 Å². The molecule has 0 spiro atoms. The lowest BCUT2D eigenvalue weighted by Crippen LogP contribution is -2.22. The minimum atomic E-state index is 0.554. The Morgan fingerprint density at radius 2 is 2.19 bits per heavy atom. The van der Waals surface area contributed by atoms with Gasteiger partial charge in [-0.25, -0.2) is 0 Å². The summed E-state index contributed by atoms with van der Waals surface area (Å²) in [6.07, 6.45) is 8.22. The van der Waals surface area contributed by atoms with Crippen molar-refractivity contribution in [2.75, 3.05) is 6.54 Å². The highest BCUT2D eigenvalue weighted by atomic mass is 14.9. The molecule has 0 saturated carbocycles. The number of fused-ring (bicyclic) bond motifs is 1. The van der Waals surface area contributed by atoms with Crippen molar-refractivity contribution < 1.29 is 0 Å². The van der Waals surface area contributed by atoms with Gasteiger partial charge in [0.15, 0.2) is 0 Å². The molecule has 0 heterocycles. The average Bonchev–Trinajstić information content (AvgIpc) is 2.52. The first-order valence-electron chi connectivity index (χ1n) is 6.34. The van der Waals surface area contributed by atoms with Gasteiger partial charge in [0.1, 0.15) is 0 Å². The minimum absolute atomic E-state index is 0.554. The Bertz CT molecular complexity index is 343. The fourth-order valence-electron chi connectivity index (χ4n) is 2.49. The molecular weight excluding hydrogens is 194 g/mol. The lowest BCUT2D eigenvalue weighted by molar-refractivity contribution is 0.495. The van der Waals surface area contributed by atoms with Crippen molar-refractivity contribution >= 4 is 0 Å². The van der Waals surface area contributed by atoms with Crippen LogP contribution in [0.1, 0.15) is 42.9 Å². The number of rotatable bonds is 4. The van der Waals surface area contributed by atoms with Gasteiger partial charge in [0.2, 0.25) is 0 Å². The number of aryl methyl sites for hydroxylation is 1. The number of hydrogen-bond donors (Lipinski definition) is 1. The average molecular weight is 215 g/mol. The summed E-state index contributed by atoms with van der Waals surface area (Å²) in [5.74, 6) is 0. The molecule has 1 nitrogen and oxygen atoms in total. The van der Waals surface area contributed by atoms with E-state index in [1.165, 1.54) is 36.8 Å². The van der Waals surface area contributed by atoms with E-state index in [1.807, 2.05) is 6.08 Å². The fourth-order valence-corrected chi connectivity index (χ4v) is 2.49. The van der Waals surface area contributed by atoms with Crippen molar-refractivity contribution in [3.8, 4) is 0 Å². The first-order chi connectivity index (χ1) is 7.92. The highest BCUT2D eigenvalue weighted by molar-refractivity contribution is 5.31. The van der Waals surface area contributed by atoms with Crippen molar-refractivity contribution in [3.63, 3.8) is 0 Å². The molecule has 0 saturated heterocycles. The van der Waals surface area contributed by atoms with Crippen molar-refractivity contribution in [3.05, 3.63) is 48.0 Å². The van der Waals surface area contributed by atoms with Crippen molar-refractivity contribution in [1.29, 1.82) is 0 Å². The second-order valence-corrected chi connectivity index (χ2v) is 4.53. The third-order valence-corrected chi connectivity index (χ3v) is 3.36. The Hall–Kier alpha value is -1.08. The van der Waals surface area contributed by atoms with Crippen LogP contribution in [0.15, 0.2) is 36.9 Å². The van der Waals surface area contributed by atoms with E-state index < -0.39 is 0 Å². The number of hydrogen-bond acceptors (Lipinski definition) is 1. The molecule has 0 amide bonds. The monoisotopic (exact) mass is 215 g/mol. The maximum atomic E-state index is 3.77. The van der Waals surface area contributed by atoms with Crippen LogP contribution in [0, 0.1) is 0 Å². The molecule has 0 radical (unpaired) electrons. The molecule has 0 fully saturated rings.